The fourth-order valence-electron chi connectivity index (χ4n) is 7.54. The maximum absolute atomic E-state index is 5.91. The zero-order valence-electron chi connectivity index (χ0n) is 25.6. The lowest BCUT2D eigenvalue weighted by atomic mass is 9.78. The Morgan fingerprint density at radius 3 is 2.24 bits per heavy atom. The van der Waals surface area contributed by atoms with Gasteiger partial charge in [-0.2, -0.15) is 0 Å². The van der Waals surface area contributed by atoms with Gasteiger partial charge in [0.2, 0.25) is 0 Å². The van der Waals surface area contributed by atoms with E-state index in [1.807, 2.05) is 6.08 Å². The monoisotopic (exact) mass is 580 g/mol. The molecule has 0 aliphatic heterocycles. The summed E-state index contributed by atoms with van der Waals surface area (Å²) in [5.74, 6) is 0.326. The minimum atomic E-state index is 0.326. The van der Waals surface area contributed by atoms with E-state index in [0.29, 0.717) is 5.92 Å². The smallest absolute Gasteiger partial charge is 0.0537 e. The largest absolute Gasteiger partial charge is 0.405 e. The predicted molar refractivity (Wildman–Crippen MR) is 192 cm³/mol. The number of aromatic nitrogens is 1. The van der Waals surface area contributed by atoms with E-state index in [4.69, 9.17) is 5.73 Å². The second kappa shape index (κ2) is 11.3. The van der Waals surface area contributed by atoms with E-state index in [1.54, 1.807) is 6.20 Å². The third kappa shape index (κ3) is 4.57. The fourth-order valence-corrected chi connectivity index (χ4v) is 7.54. The topological polar surface area (TPSA) is 30.9 Å². The van der Waals surface area contributed by atoms with Crippen molar-refractivity contribution in [3.05, 3.63) is 167 Å². The number of rotatable bonds is 5. The molecule has 2 aliphatic rings. The molecule has 0 saturated heterocycles. The average Bonchev–Trinajstić information content (AvgIpc) is 3.38. The zero-order chi connectivity index (χ0) is 30.3. The third-order valence-electron chi connectivity index (χ3n) is 9.65. The van der Waals surface area contributed by atoms with Crippen molar-refractivity contribution in [1.29, 1.82) is 0 Å². The van der Waals surface area contributed by atoms with Gasteiger partial charge in [0, 0.05) is 17.0 Å². The summed E-state index contributed by atoms with van der Waals surface area (Å²) in [4.78, 5) is 0. The lowest BCUT2D eigenvalue weighted by Gasteiger charge is -2.25. The standard InChI is InChI=1S/C43H36N2/c1-29-39-28-33(24-25-41(39)45(40(29)26-27-44)34-14-6-3-7-15-34)30-20-22-32(23-21-30)43-37-18-10-8-16-35(37)42(31-12-4-2-5-13-31)36-17-9-11-19-38(36)43/h2-8,10-16,18-20,22-28,30H,9,17,21,44H2,1H3/b27-26-. The normalized spacial score (nSPS) is 16.0. The van der Waals surface area contributed by atoms with Crippen molar-refractivity contribution in [2.75, 3.05) is 0 Å². The van der Waals surface area contributed by atoms with Gasteiger partial charge < -0.3 is 10.3 Å². The molecule has 1 unspecified atom stereocenters. The van der Waals surface area contributed by atoms with Crippen LogP contribution in [0.4, 0.5) is 0 Å². The predicted octanol–water partition coefficient (Wildman–Crippen LogP) is 10.8. The second-order valence-corrected chi connectivity index (χ2v) is 12.2. The fraction of sp³-hybridized carbons (Fsp3) is 0.116. The van der Waals surface area contributed by atoms with Crippen LogP contribution in [0.15, 0.2) is 134 Å². The Morgan fingerprint density at radius 1 is 0.778 bits per heavy atom. The lowest BCUT2D eigenvalue weighted by Crippen LogP contribution is -2.05. The minimum absolute atomic E-state index is 0.326. The molecule has 1 aromatic heterocycles. The first kappa shape index (κ1) is 27.2. The zero-order valence-corrected chi connectivity index (χ0v) is 25.6. The lowest BCUT2D eigenvalue weighted by molar-refractivity contribution is 0.858. The van der Waals surface area contributed by atoms with E-state index >= 15 is 0 Å². The van der Waals surface area contributed by atoms with Gasteiger partial charge >= 0.3 is 0 Å². The number of benzene rings is 5. The van der Waals surface area contributed by atoms with Crippen molar-refractivity contribution in [2.24, 2.45) is 5.73 Å². The molecule has 8 rings (SSSR count). The number of hydrogen-bond acceptors (Lipinski definition) is 1. The molecule has 0 fully saturated rings. The Hall–Kier alpha value is -5.34. The Labute approximate surface area is 265 Å². The molecule has 0 saturated carbocycles. The van der Waals surface area contributed by atoms with Crippen LogP contribution >= 0.6 is 0 Å². The van der Waals surface area contributed by atoms with E-state index < -0.39 is 0 Å². The van der Waals surface area contributed by atoms with E-state index in [1.165, 1.54) is 66.2 Å². The third-order valence-corrected chi connectivity index (χ3v) is 9.65. The SMILES string of the molecule is Cc1c(/C=C\N)n(-c2ccccc2)c2ccc(C3C=CC(c4c5c(c(-c6ccccc6)c6ccccc46)CCC=C5)=CC3)cc12. The van der Waals surface area contributed by atoms with Crippen LogP contribution < -0.4 is 5.73 Å². The Morgan fingerprint density at radius 2 is 1.51 bits per heavy atom. The second-order valence-electron chi connectivity index (χ2n) is 12.2. The van der Waals surface area contributed by atoms with Gasteiger partial charge in [-0.05, 0) is 118 Å². The summed E-state index contributed by atoms with van der Waals surface area (Å²) in [6, 6.07) is 37.4. The van der Waals surface area contributed by atoms with Gasteiger partial charge in [-0.3, -0.25) is 0 Å². The quantitative estimate of drug-likeness (QED) is 0.216. The van der Waals surface area contributed by atoms with Crippen molar-refractivity contribution >= 4 is 39.4 Å². The summed E-state index contributed by atoms with van der Waals surface area (Å²) in [7, 11) is 0. The highest BCUT2D eigenvalue weighted by atomic mass is 15.0. The highest BCUT2D eigenvalue weighted by Crippen LogP contribution is 2.44. The molecule has 45 heavy (non-hydrogen) atoms. The van der Waals surface area contributed by atoms with Crippen molar-refractivity contribution < 1.29 is 0 Å². The molecule has 0 bridgehead atoms. The Bertz CT molecular complexity index is 2190. The van der Waals surface area contributed by atoms with Gasteiger partial charge in [0.25, 0.3) is 0 Å². The summed E-state index contributed by atoms with van der Waals surface area (Å²) >= 11 is 0. The number of para-hydroxylation sites is 1. The number of nitrogens with zero attached hydrogens (tertiary/aromatic N) is 1. The van der Waals surface area contributed by atoms with Crippen molar-refractivity contribution in [3.8, 4) is 16.8 Å². The Kier molecular flexibility index (Phi) is 6.84. The van der Waals surface area contributed by atoms with E-state index in [-0.39, 0.29) is 0 Å². The summed E-state index contributed by atoms with van der Waals surface area (Å²) in [5.41, 5.74) is 20.2. The van der Waals surface area contributed by atoms with Gasteiger partial charge in [-0.1, -0.05) is 109 Å². The number of hydrogen-bond donors (Lipinski definition) is 1. The van der Waals surface area contributed by atoms with Crippen LogP contribution in [0.5, 0.6) is 0 Å². The first-order valence-electron chi connectivity index (χ1n) is 16.0. The van der Waals surface area contributed by atoms with Crippen LogP contribution in [-0.2, 0) is 6.42 Å². The average molecular weight is 581 g/mol. The van der Waals surface area contributed by atoms with E-state index in [0.717, 1.165) is 30.6 Å². The molecule has 0 spiro atoms. The molecular formula is C43H36N2. The first-order valence-corrected chi connectivity index (χ1v) is 16.0. The number of nitrogens with two attached hydrogens (primary N) is 1. The summed E-state index contributed by atoms with van der Waals surface area (Å²) in [6.07, 6.45) is 18.7. The summed E-state index contributed by atoms with van der Waals surface area (Å²) < 4.78 is 2.31. The number of fused-ring (bicyclic) bond motifs is 3. The van der Waals surface area contributed by atoms with Gasteiger partial charge in [-0.15, -0.1) is 0 Å². The maximum Gasteiger partial charge on any atom is 0.0537 e. The summed E-state index contributed by atoms with van der Waals surface area (Å²) in [5, 5.41) is 3.94. The minimum Gasteiger partial charge on any atom is -0.405 e. The van der Waals surface area contributed by atoms with Crippen LogP contribution in [0.25, 0.3) is 56.2 Å². The van der Waals surface area contributed by atoms with Crippen molar-refractivity contribution in [1.82, 2.24) is 4.57 Å². The van der Waals surface area contributed by atoms with Crippen LogP contribution in [0.1, 0.15) is 52.3 Å². The number of aryl methyl sites for hydroxylation is 1. The van der Waals surface area contributed by atoms with Crippen LogP contribution in [0.3, 0.4) is 0 Å². The highest BCUT2D eigenvalue weighted by Gasteiger charge is 2.23. The van der Waals surface area contributed by atoms with E-state index in [9.17, 15) is 0 Å². The molecule has 6 aromatic rings. The van der Waals surface area contributed by atoms with Gasteiger partial charge in [0.15, 0.2) is 0 Å². The summed E-state index contributed by atoms with van der Waals surface area (Å²) in [6.45, 7) is 2.20. The van der Waals surface area contributed by atoms with Crippen LogP contribution in [0.2, 0.25) is 0 Å². The van der Waals surface area contributed by atoms with E-state index in [2.05, 4.69) is 145 Å². The molecule has 2 nitrogen and oxygen atoms in total. The van der Waals surface area contributed by atoms with Crippen molar-refractivity contribution in [2.45, 2.75) is 32.1 Å². The van der Waals surface area contributed by atoms with Gasteiger partial charge in [0.1, 0.15) is 0 Å². The molecule has 2 heteroatoms. The number of allylic oxidation sites excluding steroid dienone is 5. The molecule has 5 aromatic carbocycles. The van der Waals surface area contributed by atoms with Crippen LogP contribution in [0, 0.1) is 6.92 Å². The highest BCUT2D eigenvalue weighted by molar-refractivity contribution is 6.08. The molecule has 0 amide bonds. The molecule has 2 N–H and O–H groups in total. The molecule has 1 heterocycles. The molecule has 0 radical (unpaired) electrons. The first-order chi connectivity index (χ1) is 22.2. The van der Waals surface area contributed by atoms with Crippen LogP contribution in [-0.4, -0.2) is 4.57 Å². The molecular weight excluding hydrogens is 544 g/mol. The maximum atomic E-state index is 5.91. The van der Waals surface area contributed by atoms with Crippen molar-refractivity contribution in [3.63, 3.8) is 0 Å². The molecule has 218 valence electrons. The van der Waals surface area contributed by atoms with Gasteiger partial charge in [-0.25, -0.2) is 0 Å². The molecule has 1 atom stereocenters. The Balaban J connectivity index is 1.20. The van der Waals surface area contributed by atoms with Gasteiger partial charge in [0.05, 0.1) is 11.2 Å². The molecule has 2 aliphatic carbocycles.